The lowest BCUT2D eigenvalue weighted by molar-refractivity contribution is 0.102. The van der Waals surface area contributed by atoms with E-state index in [0.717, 1.165) is 5.56 Å². The highest BCUT2D eigenvalue weighted by Crippen LogP contribution is 2.23. The largest absolute Gasteiger partial charge is 0.293 e. The predicted octanol–water partition coefficient (Wildman–Crippen LogP) is 4.51. The van der Waals surface area contributed by atoms with Crippen LogP contribution in [0.15, 0.2) is 18.2 Å². The van der Waals surface area contributed by atoms with Crippen LogP contribution in [0.1, 0.15) is 61.0 Å². The quantitative estimate of drug-likeness (QED) is 0.587. The zero-order valence-corrected chi connectivity index (χ0v) is 12.0. The van der Waals surface area contributed by atoms with E-state index in [2.05, 4.69) is 49.7 Å². The van der Waals surface area contributed by atoms with Gasteiger partial charge >= 0.3 is 0 Å². The van der Waals surface area contributed by atoms with Crippen LogP contribution in [0.5, 0.6) is 0 Å². The molecule has 0 heterocycles. The van der Waals surface area contributed by atoms with Crippen molar-refractivity contribution < 1.29 is 4.79 Å². The summed E-state index contributed by atoms with van der Waals surface area (Å²) < 4.78 is 0. The fraction of sp³-hybridized carbons (Fsp3) is 0.500. The number of benzene rings is 1. The van der Waals surface area contributed by atoms with Crippen molar-refractivity contribution in [3.05, 3.63) is 34.9 Å². The molecular formula is C14H19BrO. The maximum Gasteiger partial charge on any atom is 0.173 e. The molecule has 0 amide bonds. The Morgan fingerprint density at radius 2 is 1.50 bits per heavy atom. The Balaban J connectivity index is 3.24. The van der Waals surface area contributed by atoms with E-state index in [0.29, 0.717) is 17.2 Å². The molecule has 0 saturated heterocycles. The van der Waals surface area contributed by atoms with Gasteiger partial charge in [0.2, 0.25) is 0 Å². The molecule has 0 radical (unpaired) electrons. The molecule has 1 rings (SSSR count). The van der Waals surface area contributed by atoms with Gasteiger partial charge in [-0.2, -0.15) is 0 Å². The average Bonchev–Trinajstić information content (AvgIpc) is 2.27. The van der Waals surface area contributed by atoms with Gasteiger partial charge in [0.25, 0.3) is 0 Å². The molecule has 1 aromatic carbocycles. The third-order valence-electron chi connectivity index (χ3n) is 2.75. The number of carbonyl (C=O) groups excluding carboxylic acids is 1. The van der Waals surface area contributed by atoms with Crippen LogP contribution >= 0.6 is 15.9 Å². The minimum absolute atomic E-state index is 0.157. The first-order valence-corrected chi connectivity index (χ1v) is 6.82. The van der Waals surface area contributed by atoms with Crippen LogP contribution in [-0.2, 0) is 0 Å². The minimum Gasteiger partial charge on any atom is -0.293 e. The number of hydrogen-bond donors (Lipinski definition) is 0. The molecule has 0 aliphatic rings. The highest BCUT2D eigenvalue weighted by molar-refractivity contribution is 9.09. The van der Waals surface area contributed by atoms with Crippen LogP contribution in [-0.4, -0.2) is 11.1 Å². The van der Waals surface area contributed by atoms with Crippen LogP contribution in [0.3, 0.4) is 0 Å². The molecule has 0 fully saturated rings. The van der Waals surface area contributed by atoms with Crippen LogP contribution in [0, 0.1) is 0 Å². The summed E-state index contributed by atoms with van der Waals surface area (Å²) in [6.45, 7) is 8.62. The van der Waals surface area contributed by atoms with Gasteiger partial charge in [-0.05, 0) is 35.1 Å². The summed E-state index contributed by atoms with van der Waals surface area (Å²) in [7, 11) is 0. The van der Waals surface area contributed by atoms with Gasteiger partial charge in [-0.3, -0.25) is 4.79 Å². The van der Waals surface area contributed by atoms with E-state index in [1.807, 2.05) is 12.1 Å². The Bertz CT molecular complexity index is 354. The second kappa shape index (κ2) is 5.62. The highest BCUT2D eigenvalue weighted by Gasteiger charge is 2.11. The van der Waals surface area contributed by atoms with E-state index in [1.165, 1.54) is 11.1 Å². The monoisotopic (exact) mass is 282 g/mol. The van der Waals surface area contributed by atoms with E-state index in [9.17, 15) is 4.79 Å². The Labute approximate surface area is 106 Å². The molecule has 88 valence electrons. The maximum atomic E-state index is 11.7. The van der Waals surface area contributed by atoms with Crippen molar-refractivity contribution in [1.82, 2.24) is 0 Å². The fourth-order valence-corrected chi connectivity index (χ4v) is 1.91. The molecule has 0 N–H and O–H groups in total. The van der Waals surface area contributed by atoms with Crippen molar-refractivity contribution in [2.75, 3.05) is 5.33 Å². The molecule has 0 aromatic heterocycles. The van der Waals surface area contributed by atoms with Crippen LogP contribution in [0.2, 0.25) is 0 Å². The van der Waals surface area contributed by atoms with E-state index in [1.54, 1.807) is 0 Å². The first kappa shape index (κ1) is 13.4. The Morgan fingerprint density at radius 3 is 1.81 bits per heavy atom. The third kappa shape index (κ3) is 3.18. The number of Topliss-reactive ketones (excluding diaryl/α,β-unsaturated/α-hetero) is 1. The zero-order chi connectivity index (χ0) is 12.3. The van der Waals surface area contributed by atoms with Crippen LogP contribution < -0.4 is 0 Å². The third-order valence-corrected chi connectivity index (χ3v) is 3.26. The molecule has 16 heavy (non-hydrogen) atoms. The lowest BCUT2D eigenvalue weighted by Crippen LogP contribution is -2.04. The Hall–Kier alpha value is -0.630. The SMILES string of the molecule is CC(C)c1cc(C(=O)CBr)cc(C(C)C)c1. The summed E-state index contributed by atoms with van der Waals surface area (Å²) >= 11 is 3.23. The van der Waals surface area contributed by atoms with E-state index in [-0.39, 0.29) is 5.78 Å². The predicted molar refractivity (Wildman–Crippen MR) is 72.7 cm³/mol. The van der Waals surface area contributed by atoms with Gasteiger partial charge in [0, 0.05) is 5.56 Å². The van der Waals surface area contributed by atoms with Crippen molar-refractivity contribution >= 4 is 21.7 Å². The molecule has 0 bridgehead atoms. The molecular weight excluding hydrogens is 264 g/mol. The Morgan fingerprint density at radius 1 is 1.06 bits per heavy atom. The second-order valence-corrected chi connectivity index (χ2v) is 5.32. The smallest absolute Gasteiger partial charge is 0.173 e. The number of alkyl halides is 1. The molecule has 0 aliphatic heterocycles. The van der Waals surface area contributed by atoms with Gasteiger partial charge in [0.1, 0.15) is 0 Å². The molecule has 0 saturated carbocycles. The number of halogens is 1. The first-order valence-electron chi connectivity index (χ1n) is 5.69. The maximum absolute atomic E-state index is 11.7. The van der Waals surface area contributed by atoms with E-state index >= 15 is 0 Å². The number of ketones is 1. The van der Waals surface area contributed by atoms with Crippen LogP contribution in [0.4, 0.5) is 0 Å². The lowest BCUT2D eigenvalue weighted by Gasteiger charge is -2.13. The molecule has 0 atom stereocenters. The lowest BCUT2D eigenvalue weighted by atomic mass is 9.92. The van der Waals surface area contributed by atoms with Crippen molar-refractivity contribution in [2.45, 2.75) is 39.5 Å². The summed E-state index contributed by atoms with van der Waals surface area (Å²) in [5.41, 5.74) is 3.32. The van der Waals surface area contributed by atoms with Crippen molar-refractivity contribution in [3.63, 3.8) is 0 Å². The fourth-order valence-electron chi connectivity index (χ4n) is 1.58. The molecule has 2 heteroatoms. The summed E-state index contributed by atoms with van der Waals surface area (Å²) in [6.07, 6.45) is 0. The second-order valence-electron chi connectivity index (χ2n) is 4.75. The van der Waals surface area contributed by atoms with Crippen molar-refractivity contribution in [2.24, 2.45) is 0 Å². The molecule has 0 spiro atoms. The highest BCUT2D eigenvalue weighted by atomic mass is 79.9. The topological polar surface area (TPSA) is 17.1 Å². The molecule has 0 unspecified atom stereocenters. The normalized spacial score (nSPS) is 11.2. The minimum atomic E-state index is 0.157. The summed E-state index contributed by atoms with van der Waals surface area (Å²) in [6, 6.07) is 6.24. The molecule has 1 nitrogen and oxygen atoms in total. The van der Waals surface area contributed by atoms with Gasteiger partial charge < -0.3 is 0 Å². The van der Waals surface area contributed by atoms with Gasteiger partial charge in [-0.15, -0.1) is 0 Å². The van der Waals surface area contributed by atoms with E-state index in [4.69, 9.17) is 0 Å². The Kier molecular flexibility index (Phi) is 4.72. The number of carbonyl (C=O) groups is 1. The summed E-state index contributed by atoms with van der Waals surface area (Å²) in [5.74, 6) is 1.07. The summed E-state index contributed by atoms with van der Waals surface area (Å²) in [4.78, 5) is 11.7. The van der Waals surface area contributed by atoms with E-state index < -0.39 is 0 Å². The number of rotatable bonds is 4. The van der Waals surface area contributed by atoms with Crippen molar-refractivity contribution in [3.8, 4) is 0 Å². The first-order chi connectivity index (χ1) is 7.45. The van der Waals surface area contributed by atoms with Gasteiger partial charge in [-0.1, -0.05) is 49.7 Å². The van der Waals surface area contributed by atoms with Gasteiger partial charge in [0.15, 0.2) is 5.78 Å². The molecule has 1 aromatic rings. The summed E-state index contributed by atoms with van der Waals surface area (Å²) in [5, 5.41) is 0.395. The standard InChI is InChI=1S/C14H19BrO/c1-9(2)11-5-12(10(3)4)7-13(6-11)14(16)8-15/h5-7,9-10H,8H2,1-4H3. The molecule has 0 aliphatic carbocycles. The van der Waals surface area contributed by atoms with Crippen LogP contribution in [0.25, 0.3) is 0 Å². The van der Waals surface area contributed by atoms with Gasteiger partial charge in [-0.25, -0.2) is 0 Å². The van der Waals surface area contributed by atoms with Gasteiger partial charge in [0.05, 0.1) is 5.33 Å². The zero-order valence-electron chi connectivity index (χ0n) is 10.4. The number of hydrogen-bond acceptors (Lipinski definition) is 1. The van der Waals surface area contributed by atoms with Crippen molar-refractivity contribution in [1.29, 1.82) is 0 Å². The average molecular weight is 283 g/mol.